The largest absolute Gasteiger partial charge is 0.378 e. The molecule has 1 fully saturated rings. The van der Waals surface area contributed by atoms with E-state index in [-0.39, 0.29) is 24.8 Å². The highest BCUT2D eigenvalue weighted by Crippen LogP contribution is 2.19. The third kappa shape index (κ3) is 4.21. The van der Waals surface area contributed by atoms with Crippen LogP contribution in [0.3, 0.4) is 0 Å². The first-order valence-electron chi connectivity index (χ1n) is 6.58. The average Bonchev–Trinajstić information content (AvgIpc) is 2.47. The molecule has 0 saturated carbocycles. The summed E-state index contributed by atoms with van der Waals surface area (Å²) < 4.78 is 5.17. The van der Waals surface area contributed by atoms with Gasteiger partial charge in [0.15, 0.2) is 0 Å². The molecule has 6 nitrogen and oxygen atoms in total. The SMILES string of the molecule is CCC(C)(C#N)C(=O)NCCC(=O)N1CCOCC1. The molecule has 0 aromatic carbocycles. The lowest BCUT2D eigenvalue weighted by Crippen LogP contribution is -2.43. The van der Waals surface area contributed by atoms with Crippen molar-refractivity contribution < 1.29 is 14.3 Å². The number of hydrogen-bond acceptors (Lipinski definition) is 4. The number of rotatable bonds is 5. The van der Waals surface area contributed by atoms with Crippen molar-refractivity contribution >= 4 is 11.8 Å². The zero-order chi connectivity index (χ0) is 14.3. The van der Waals surface area contributed by atoms with Crippen molar-refractivity contribution in [1.29, 1.82) is 5.26 Å². The predicted molar refractivity (Wildman–Crippen MR) is 69.0 cm³/mol. The van der Waals surface area contributed by atoms with Crippen LogP contribution in [0.5, 0.6) is 0 Å². The lowest BCUT2D eigenvalue weighted by Gasteiger charge is -2.27. The van der Waals surface area contributed by atoms with Gasteiger partial charge in [0.25, 0.3) is 0 Å². The molecule has 1 unspecified atom stereocenters. The monoisotopic (exact) mass is 267 g/mol. The Morgan fingerprint density at radius 2 is 2.05 bits per heavy atom. The second-order valence-electron chi connectivity index (χ2n) is 4.80. The van der Waals surface area contributed by atoms with E-state index in [1.54, 1.807) is 18.7 Å². The lowest BCUT2D eigenvalue weighted by atomic mass is 9.88. The van der Waals surface area contributed by atoms with Crippen LogP contribution in [0.1, 0.15) is 26.7 Å². The first-order chi connectivity index (χ1) is 9.03. The number of nitriles is 1. The quantitative estimate of drug-likeness (QED) is 0.776. The van der Waals surface area contributed by atoms with E-state index in [9.17, 15) is 9.59 Å². The summed E-state index contributed by atoms with van der Waals surface area (Å²) in [5.74, 6) is -0.300. The number of nitrogens with zero attached hydrogens (tertiary/aromatic N) is 2. The van der Waals surface area contributed by atoms with E-state index in [0.717, 1.165) is 0 Å². The molecule has 0 aromatic rings. The van der Waals surface area contributed by atoms with Crippen LogP contribution in [-0.4, -0.2) is 49.6 Å². The number of morpholine rings is 1. The minimum absolute atomic E-state index is 0.0127. The highest BCUT2D eigenvalue weighted by atomic mass is 16.5. The highest BCUT2D eigenvalue weighted by molar-refractivity contribution is 5.85. The van der Waals surface area contributed by atoms with Crippen molar-refractivity contribution in [2.45, 2.75) is 26.7 Å². The molecule has 0 radical (unpaired) electrons. The normalized spacial score (nSPS) is 18.3. The van der Waals surface area contributed by atoms with Crippen molar-refractivity contribution in [3.05, 3.63) is 0 Å². The van der Waals surface area contributed by atoms with Crippen LogP contribution in [0.4, 0.5) is 0 Å². The Labute approximate surface area is 113 Å². The Balaban J connectivity index is 2.32. The summed E-state index contributed by atoms with van der Waals surface area (Å²) in [4.78, 5) is 25.4. The second-order valence-corrected chi connectivity index (χ2v) is 4.80. The van der Waals surface area contributed by atoms with Gasteiger partial charge in [0, 0.05) is 26.1 Å². The molecule has 1 atom stereocenters. The molecular weight excluding hydrogens is 246 g/mol. The number of carbonyl (C=O) groups excluding carboxylic acids is 2. The van der Waals surface area contributed by atoms with Gasteiger partial charge in [-0.05, 0) is 13.3 Å². The predicted octanol–water partition coefficient (Wildman–Crippen LogP) is 0.291. The number of ether oxygens (including phenoxy) is 1. The van der Waals surface area contributed by atoms with E-state index < -0.39 is 5.41 Å². The van der Waals surface area contributed by atoms with E-state index in [2.05, 4.69) is 5.32 Å². The van der Waals surface area contributed by atoms with Crippen molar-refractivity contribution in [2.24, 2.45) is 5.41 Å². The highest BCUT2D eigenvalue weighted by Gasteiger charge is 2.30. The smallest absolute Gasteiger partial charge is 0.240 e. The summed E-state index contributed by atoms with van der Waals surface area (Å²) in [5, 5.41) is 11.6. The summed E-state index contributed by atoms with van der Waals surface area (Å²) in [6.07, 6.45) is 0.712. The van der Waals surface area contributed by atoms with Gasteiger partial charge in [-0.15, -0.1) is 0 Å². The number of hydrogen-bond donors (Lipinski definition) is 1. The van der Waals surface area contributed by atoms with Crippen molar-refractivity contribution in [2.75, 3.05) is 32.8 Å². The van der Waals surface area contributed by atoms with E-state index in [1.165, 1.54) is 0 Å². The number of nitrogens with one attached hydrogen (secondary N) is 1. The third-order valence-corrected chi connectivity index (χ3v) is 3.44. The Morgan fingerprint density at radius 1 is 1.42 bits per heavy atom. The first-order valence-corrected chi connectivity index (χ1v) is 6.58. The molecule has 1 aliphatic rings. The zero-order valence-electron chi connectivity index (χ0n) is 11.6. The van der Waals surface area contributed by atoms with Gasteiger partial charge >= 0.3 is 0 Å². The molecule has 6 heteroatoms. The molecule has 0 spiro atoms. The number of carbonyl (C=O) groups is 2. The molecule has 19 heavy (non-hydrogen) atoms. The Hall–Kier alpha value is -1.61. The van der Waals surface area contributed by atoms with E-state index in [0.29, 0.717) is 32.7 Å². The summed E-state index contributed by atoms with van der Waals surface area (Å²) in [6, 6.07) is 2.01. The van der Waals surface area contributed by atoms with Gasteiger partial charge in [-0.3, -0.25) is 9.59 Å². The molecule has 1 saturated heterocycles. The van der Waals surface area contributed by atoms with E-state index in [4.69, 9.17) is 10.00 Å². The topological polar surface area (TPSA) is 82.4 Å². The third-order valence-electron chi connectivity index (χ3n) is 3.44. The molecular formula is C13H21N3O3. The maximum Gasteiger partial charge on any atom is 0.240 e. The fourth-order valence-electron chi connectivity index (χ4n) is 1.74. The molecule has 0 aromatic heterocycles. The fourth-order valence-corrected chi connectivity index (χ4v) is 1.74. The summed E-state index contributed by atoms with van der Waals surface area (Å²) in [5.41, 5.74) is -1.01. The minimum Gasteiger partial charge on any atom is -0.378 e. The van der Waals surface area contributed by atoms with Gasteiger partial charge < -0.3 is 15.0 Å². The van der Waals surface area contributed by atoms with Gasteiger partial charge in [0.05, 0.1) is 19.3 Å². The van der Waals surface area contributed by atoms with Crippen LogP contribution < -0.4 is 5.32 Å². The maximum absolute atomic E-state index is 11.8. The van der Waals surface area contributed by atoms with Crippen LogP contribution in [0, 0.1) is 16.7 Å². The zero-order valence-corrected chi connectivity index (χ0v) is 11.6. The molecule has 2 amide bonds. The van der Waals surface area contributed by atoms with Crippen LogP contribution in [-0.2, 0) is 14.3 Å². The van der Waals surface area contributed by atoms with Crippen LogP contribution in [0.25, 0.3) is 0 Å². The maximum atomic E-state index is 11.8. The van der Waals surface area contributed by atoms with E-state index in [1.807, 2.05) is 6.07 Å². The van der Waals surface area contributed by atoms with Crippen molar-refractivity contribution in [3.8, 4) is 6.07 Å². The fraction of sp³-hybridized carbons (Fsp3) is 0.769. The standard InChI is InChI=1S/C13H21N3O3/c1-3-13(2,10-14)12(18)15-5-4-11(17)16-6-8-19-9-7-16/h3-9H2,1-2H3,(H,15,18). The summed E-state index contributed by atoms with van der Waals surface area (Å²) in [6.45, 7) is 6.02. The van der Waals surface area contributed by atoms with Gasteiger partial charge in [0.1, 0.15) is 5.41 Å². The van der Waals surface area contributed by atoms with Crippen LogP contribution in [0.2, 0.25) is 0 Å². The summed E-state index contributed by atoms with van der Waals surface area (Å²) in [7, 11) is 0. The van der Waals surface area contributed by atoms with Gasteiger partial charge in [0.2, 0.25) is 11.8 Å². The lowest BCUT2D eigenvalue weighted by molar-refractivity contribution is -0.135. The van der Waals surface area contributed by atoms with Crippen LogP contribution in [0.15, 0.2) is 0 Å². The van der Waals surface area contributed by atoms with Crippen LogP contribution >= 0.6 is 0 Å². The molecule has 0 aliphatic carbocycles. The van der Waals surface area contributed by atoms with Gasteiger partial charge in [-0.25, -0.2) is 0 Å². The molecule has 1 aliphatic heterocycles. The molecule has 1 heterocycles. The van der Waals surface area contributed by atoms with E-state index >= 15 is 0 Å². The average molecular weight is 267 g/mol. The van der Waals surface area contributed by atoms with Crippen molar-refractivity contribution in [3.63, 3.8) is 0 Å². The molecule has 1 rings (SSSR count). The van der Waals surface area contributed by atoms with Gasteiger partial charge in [-0.2, -0.15) is 5.26 Å². The van der Waals surface area contributed by atoms with Crippen molar-refractivity contribution in [1.82, 2.24) is 10.2 Å². The number of amides is 2. The Kier molecular flexibility index (Phi) is 5.77. The molecule has 106 valence electrons. The summed E-state index contributed by atoms with van der Waals surface area (Å²) >= 11 is 0. The Morgan fingerprint density at radius 3 is 2.58 bits per heavy atom. The Bertz CT molecular complexity index is 372. The molecule has 1 N–H and O–H groups in total. The first kappa shape index (κ1) is 15.4. The van der Waals surface area contributed by atoms with Gasteiger partial charge in [-0.1, -0.05) is 6.92 Å². The molecule has 0 bridgehead atoms. The minimum atomic E-state index is -1.01. The second kappa shape index (κ2) is 7.10.